The van der Waals surface area contributed by atoms with Gasteiger partial charge in [-0.25, -0.2) is 0 Å². The lowest BCUT2D eigenvalue weighted by Gasteiger charge is -2.17. The number of anilines is 2. The predicted molar refractivity (Wildman–Crippen MR) is 72.0 cm³/mol. The van der Waals surface area contributed by atoms with Gasteiger partial charge < -0.3 is 20.5 Å². The van der Waals surface area contributed by atoms with E-state index in [2.05, 4.69) is 5.32 Å². The van der Waals surface area contributed by atoms with Gasteiger partial charge in [0, 0.05) is 26.5 Å². The molecule has 1 aromatic carbocycles. The maximum absolute atomic E-state index is 6.04. The molecule has 0 spiro atoms. The topological polar surface area (TPSA) is 56.5 Å². The largest absolute Gasteiger partial charge is 0.399 e. The molecule has 96 valence electrons. The summed E-state index contributed by atoms with van der Waals surface area (Å²) >= 11 is 12.1. The first-order valence-corrected chi connectivity index (χ1v) is 5.84. The standard InChI is InChI=1S/C11H16Cl2N2O2/c1-16-6-8(17-2)5-15-11-9(12)3-7(14)4-10(11)13/h3-4,8,15H,5-6,14H2,1-2H3. The molecule has 6 heteroatoms. The number of nitrogens with one attached hydrogen (secondary N) is 1. The van der Waals surface area contributed by atoms with Crippen molar-refractivity contribution in [1.29, 1.82) is 0 Å². The van der Waals surface area contributed by atoms with Crippen LogP contribution in [0.2, 0.25) is 10.0 Å². The summed E-state index contributed by atoms with van der Waals surface area (Å²) in [6, 6.07) is 3.29. The van der Waals surface area contributed by atoms with Crippen molar-refractivity contribution in [3.8, 4) is 0 Å². The molecule has 0 aliphatic carbocycles. The van der Waals surface area contributed by atoms with E-state index in [0.29, 0.717) is 34.6 Å². The number of halogens is 2. The van der Waals surface area contributed by atoms with Crippen LogP contribution in [0.25, 0.3) is 0 Å². The summed E-state index contributed by atoms with van der Waals surface area (Å²) in [6.45, 7) is 1.04. The van der Waals surface area contributed by atoms with Gasteiger partial charge in [0.2, 0.25) is 0 Å². The van der Waals surface area contributed by atoms with E-state index in [1.807, 2.05) is 0 Å². The van der Waals surface area contributed by atoms with E-state index in [4.69, 9.17) is 38.4 Å². The van der Waals surface area contributed by atoms with Crippen LogP contribution in [0.3, 0.4) is 0 Å². The quantitative estimate of drug-likeness (QED) is 0.786. The summed E-state index contributed by atoms with van der Waals surface area (Å²) in [7, 11) is 3.24. The van der Waals surface area contributed by atoms with E-state index in [-0.39, 0.29) is 6.10 Å². The summed E-state index contributed by atoms with van der Waals surface area (Å²) < 4.78 is 10.2. The molecular weight excluding hydrogens is 263 g/mol. The molecule has 0 aromatic heterocycles. The van der Waals surface area contributed by atoms with Crippen LogP contribution in [-0.4, -0.2) is 33.5 Å². The minimum absolute atomic E-state index is 0.0651. The fraction of sp³-hybridized carbons (Fsp3) is 0.455. The molecule has 1 atom stereocenters. The van der Waals surface area contributed by atoms with Gasteiger partial charge in [0.1, 0.15) is 0 Å². The minimum Gasteiger partial charge on any atom is -0.399 e. The van der Waals surface area contributed by atoms with Crippen LogP contribution in [0, 0.1) is 0 Å². The summed E-state index contributed by atoms with van der Waals surface area (Å²) in [4.78, 5) is 0. The van der Waals surface area contributed by atoms with Gasteiger partial charge >= 0.3 is 0 Å². The molecule has 0 saturated carbocycles. The zero-order valence-corrected chi connectivity index (χ0v) is 11.3. The van der Waals surface area contributed by atoms with Gasteiger partial charge in [-0.15, -0.1) is 0 Å². The van der Waals surface area contributed by atoms with Crippen molar-refractivity contribution >= 4 is 34.6 Å². The Balaban J connectivity index is 2.68. The maximum Gasteiger partial charge on any atom is 0.0976 e. The van der Waals surface area contributed by atoms with Gasteiger partial charge in [0.15, 0.2) is 0 Å². The SMILES string of the molecule is COCC(CNc1c(Cl)cc(N)cc1Cl)OC. The molecule has 3 N–H and O–H groups in total. The molecule has 4 nitrogen and oxygen atoms in total. The fourth-order valence-electron chi connectivity index (χ4n) is 1.37. The highest BCUT2D eigenvalue weighted by Gasteiger charge is 2.11. The van der Waals surface area contributed by atoms with E-state index in [1.54, 1.807) is 26.4 Å². The van der Waals surface area contributed by atoms with E-state index in [9.17, 15) is 0 Å². The smallest absolute Gasteiger partial charge is 0.0976 e. The highest BCUT2D eigenvalue weighted by molar-refractivity contribution is 6.39. The van der Waals surface area contributed by atoms with Crippen molar-refractivity contribution in [3.05, 3.63) is 22.2 Å². The van der Waals surface area contributed by atoms with Crippen molar-refractivity contribution in [2.24, 2.45) is 0 Å². The van der Waals surface area contributed by atoms with Crippen molar-refractivity contribution in [1.82, 2.24) is 0 Å². The molecule has 1 aromatic rings. The van der Waals surface area contributed by atoms with Gasteiger partial charge in [-0.3, -0.25) is 0 Å². The molecule has 0 bridgehead atoms. The van der Waals surface area contributed by atoms with E-state index < -0.39 is 0 Å². The van der Waals surface area contributed by atoms with Crippen LogP contribution in [-0.2, 0) is 9.47 Å². The number of hydrogen-bond acceptors (Lipinski definition) is 4. The van der Waals surface area contributed by atoms with Gasteiger partial charge in [-0.1, -0.05) is 23.2 Å². The van der Waals surface area contributed by atoms with Gasteiger partial charge in [-0.2, -0.15) is 0 Å². The molecule has 1 rings (SSSR count). The normalized spacial score (nSPS) is 12.5. The van der Waals surface area contributed by atoms with Crippen LogP contribution < -0.4 is 11.1 Å². The molecule has 0 radical (unpaired) electrons. The Bertz CT molecular complexity index is 351. The van der Waals surface area contributed by atoms with E-state index in [1.165, 1.54) is 0 Å². The predicted octanol–water partition coefficient (Wildman–Crippen LogP) is 2.65. The summed E-state index contributed by atoms with van der Waals surface area (Å²) in [6.07, 6.45) is -0.0651. The second-order valence-corrected chi connectivity index (χ2v) is 4.37. The van der Waals surface area contributed by atoms with Crippen LogP contribution in [0.1, 0.15) is 0 Å². The number of rotatable bonds is 6. The Labute approximate surface area is 111 Å². The van der Waals surface area contributed by atoms with Crippen LogP contribution in [0.4, 0.5) is 11.4 Å². The molecule has 0 aliphatic rings. The first kappa shape index (κ1) is 14.4. The molecule has 0 heterocycles. The van der Waals surface area contributed by atoms with Crippen molar-refractivity contribution in [3.63, 3.8) is 0 Å². The molecule has 17 heavy (non-hydrogen) atoms. The molecular formula is C11H16Cl2N2O2. The van der Waals surface area contributed by atoms with Gasteiger partial charge in [0.05, 0.1) is 28.4 Å². The van der Waals surface area contributed by atoms with Crippen LogP contribution >= 0.6 is 23.2 Å². The number of nitrogens with two attached hydrogens (primary N) is 1. The first-order chi connectivity index (χ1) is 8.08. The Morgan fingerprint density at radius 2 is 1.88 bits per heavy atom. The van der Waals surface area contributed by atoms with Crippen LogP contribution in [0.5, 0.6) is 0 Å². The second-order valence-electron chi connectivity index (χ2n) is 3.55. The summed E-state index contributed by atoms with van der Waals surface area (Å²) in [5.74, 6) is 0. The molecule has 0 amide bonds. The number of hydrogen-bond donors (Lipinski definition) is 2. The maximum atomic E-state index is 6.04. The van der Waals surface area contributed by atoms with Crippen LogP contribution in [0.15, 0.2) is 12.1 Å². The van der Waals surface area contributed by atoms with Crippen molar-refractivity contribution in [2.45, 2.75) is 6.10 Å². The summed E-state index contributed by atoms with van der Waals surface area (Å²) in [5.41, 5.74) is 6.80. The third-order valence-corrected chi connectivity index (χ3v) is 2.85. The monoisotopic (exact) mass is 278 g/mol. The lowest BCUT2D eigenvalue weighted by Crippen LogP contribution is -2.26. The van der Waals surface area contributed by atoms with Gasteiger partial charge in [0.25, 0.3) is 0 Å². The van der Waals surface area contributed by atoms with E-state index in [0.717, 1.165) is 0 Å². The molecule has 0 saturated heterocycles. The number of benzene rings is 1. The lowest BCUT2D eigenvalue weighted by atomic mass is 10.2. The average molecular weight is 279 g/mol. The Morgan fingerprint density at radius 1 is 1.29 bits per heavy atom. The average Bonchev–Trinajstić information content (AvgIpc) is 2.26. The fourth-order valence-corrected chi connectivity index (χ4v) is 2.01. The molecule has 0 aliphatic heterocycles. The third-order valence-electron chi connectivity index (χ3n) is 2.26. The molecule has 0 fully saturated rings. The van der Waals surface area contributed by atoms with Gasteiger partial charge in [-0.05, 0) is 12.1 Å². The highest BCUT2D eigenvalue weighted by atomic mass is 35.5. The molecule has 1 unspecified atom stereocenters. The second kappa shape index (κ2) is 6.91. The van der Waals surface area contributed by atoms with Crippen molar-refractivity contribution in [2.75, 3.05) is 38.4 Å². The Morgan fingerprint density at radius 3 is 2.35 bits per heavy atom. The number of ether oxygens (including phenoxy) is 2. The number of methoxy groups -OCH3 is 2. The minimum atomic E-state index is -0.0651. The Hall–Kier alpha value is -0.680. The Kier molecular flexibility index (Phi) is 5.85. The third kappa shape index (κ3) is 4.24. The zero-order chi connectivity index (χ0) is 12.8. The van der Waals surface area contributed by atoms with E-state index >= 15 is 0 Å². The highest BCUT2D eigenvalue weighted by Crippen LogP contribution is 2.32. The number of nitrogen functional groups attached to an aromatic ring is 1. The first-order valence-electron chi connectivity index (χ1n) is 5.08. The van der Waals surface area contributed by atoms with Crippen molar-refractivity contribution < 1.29 is 9.47 Å². The lowest BCUT2D eigenvalue weighted by molar-refractivity contribution is 0.0366. The zero-order valence-electron chi connectivity index (χ0n) is 9.80. The summed E-state index contributed by atoms with van der Waals surface area (Å²) in [5, 5.41) is 4.10.